The Hall–Kier alpha value is -2.54. The SMILES string of the molecule is COc1cc(Oc2ccc(S(C)(=O)=O)cc2)cc2c1NC(C=O)C2. The van der Waals surface area contributed by atoms with E-state index >= 15 is 0 Å². The molecule has 0 saturated carbocycles. The van der Waals surface area contributed by atoms with Crippen molar-refractivity contribution >= 4 is 21.8 Å². The van der Waals surface area contributed by atoms with Gasteiger partial charge >= 0.3 is 0 Å². The van der Waals surface area contributed by atoms with Gasteiger partial charge in [0.1, 0.15) is 23.5 Å². The first-order chi connectivity index (χ1) is 11.4. The zero-order chi connectivity index (χ0) is 17.3. The van der Waals surface area contributed by atoms with Crippen LogP contribution in [0.25, 0.3) is 0 Å². The maximum absolute atomic E-state index is 11.5. The number of benzene rings is 2. The van der Waals surface area contributed by atoms with Gasteiger partial charge in [-0.3, -0.25) is 0 Å². The van der Waals surface area contributed by atoms with E-state index in [0.717, 1.165) is 23.8 Å². The number of hydrogen-bond donors (Lipinski definition) is 1. The van der Waals surface area contributed by atoms with Crippen molar-refractivity contribution in [1.29, 1.82) is 0 Å². The van der Waals surface area contributed by atoms with Gasteiger partial charge in [-0.05, 0) is 35.9 Å². The van der Waals surface area contributed by atoms with Gasteiger partial charge in [0.2, 0.25) is 0 Å². The fourth-order valence-electron chi connectivity index (χ4n) is 2.64. The molecule has 0 spiro atoms. The Labute approximate surface area is 140 Å². The van der Waals surface area contributed by atoms with Crippen LogP contribution in [0.5, 0.6) is 17.2 Å². The van der Waals surface area contributed by atoms with Gasteiger partial charge in [-0.1, -0.05) is 0 Å². The van der Waals surface area contributed by atoms with Gasteiger partial charge in [0.05, 0.1) is 23.7 Å². The summed E-state index contributed by atoms with van der Waals surface area (Å²) in [5.41, 5.74) is 1.74. The lowest BCUT2D eigenvalue weighted by Gasteiger charge is -2.12. The molecule has 1 atom stereocenters. The average Bonchev–Trinajstić information content (AvgIpc) is 2.97. The third-order valence-corrected chi connectivity index (χ3v) is 4.93. The van der Waals surface area contributed by atoms with Crippen molar-refractivity contribution < 1.29 is 22.7 Å². The Bertz CT molecular complexity index is 875. The molecule has 7 heteroatoms. The number of rotatable bonds is 5. The van der Waals surface area contributed by atoms with E-state index in [9.17, 15) is 13.2 Å². The second kappa shape index (κ2) is 6.16. The van der Waals surface area contributed by atoms with Crippen LogP contribution in [-0.2, 0) is 21.1 Å². The van der Waals surface area contributed by atoms with Gasteiger partial charge in [-0.15, -0.1) is 0 Å². The van der Waals surface area contributed by atoms with E-state index in [2.05, 4.69) is 5.32 Å². The molecule has 24 heavy (non-hydrogen) atoms. The van der Waals surface area contributed by atoms with E-state index in [1.165, 1.54) is 12.1 Å². The van der Waals surface area contributed by atoms with E-state index in [1.807, 2.05) is 6.07 Å². The van der Waals surface area contributed by atoms with Crippen LogP contribution in [0.4, 0.5) is 5.69 Å². The lowest BCUT2D eigenvalue weighted by Crippen LogP contribution is -2.16. The van der Waals surface area contributed by atoms with Crippen LogP contribution in [0.15, 0.2) is 41.3 Å². The third-order valence-electron chi connectivity index (χ3n) is 3.80. The van der Waals surface area contributed by atoms with E-state index < -0.39 is 9.84 Å². The molecule has 0 aliphatic carbocycles. The van der Waals surface area contributed by atoms with E-state index in [-0.39, 0.29) is 10.9 Å². The van der Waals surface area contributed by atoms with Gasteiger partial charge in [0.25, 0.3) is 0 Å². The van der Waals surface area contributed by atoms with Crippen molar-refractivity contribution in [2.24, 2.45) is 0 Å². The number of sulfone groups is 1. The van der Waals surface area contributed by atoms with Crippen molar-refractivity contribution in [2.45, 2.75) is 17.4 Å². The first-order valence-electron chi connectivity index (χ1n) is 7.31. The molecule has 1 aliphatic heterocycles. The highest BCUT2D eigenvalue weighted by atomic mass is 32.2. The molecule has 3 rings (SSSR count). The molecular weight excluding hydrogens is 330 g/mol. The zero-order valence-electron chi connectivity index (χ0n) is 13.3. The number of carbonyl (C=O) groups is 1. The number of carbonyl (C=O) groups excluding carboxylic acids is 1. The van der Waals surface area contributed by atoms with Crippen molar-refractivity contribution in [3.8, 4) is 17.2 Å². The zero-order valence-corrected chi connectivity index (χ0v) is 14.1. The number of nitrogens with one attached hydrogen (secondary N) is 1. The molecule has 0 aromatic heterocycles. The Morgan fingerprint density at radius 1 is 1.17 bits per heavy atom. The smallest absolute Gasteiger partial charge is 0.175 e. The van der Waals surface area contributed by atoms with Gasteiger partial charge in [0, 0.05) is 18.7 Å². The molecule has 1 unspecified atom stereocenters. The summed E-state index contributed by atoms with van der Waals surface area (Å²) >= 11 is 0. The molecule has 0 bridgehead atoms. The first-order valence-corrected chi connectivity index (χ1v) is 9.20. The topological polar surface area (TPSA) is 81.7 Å². The second-order valence-electron chi connectivity index (χ2n) is 5.60. The molecule has 0 saturated heterocycles. The highest BCUT2D eigenvalue weighted by Gasteiger charge is 2.24. The maximum atomic E-state index is 11.5. The van der Waals surface area contributed by atoms with E-state index in [1.54, 1.807) is 25.3 Å². The molecule has 1 aliphatic rings. The first kappa shape index (κ1) is 16.3. The minimum absolute atomic E-state index is 0.236. The van der Waals surface area contributed by atoms with Gasteiger partial charge in [-0.25, -0.2) is 8.42 Å². The molecule has 0 fully saturated rings. The molecule has 2 aromatic rings. The fourth-order valence-corrected chi connectivity index (χ4v) is 3.27. The van der Waals surface area contributed by atoms with Crippen LogP contribution in [0, 0.1) is 0 Å². The second-order valence-corrected chi connectivity index (χ2v) is 7.61. The van der Waals surface area contributed by atoms with Crippen LogP contribution >= 0.6 is 0 Å². The molecule has 126 valence electrons. The monoisotopic (exact) mass is 347 g/mol. The summed E-state index contributed by atoms with van der Waals surface area (Å²) in [4.78, 5) is 11.2. The number of fused-ring (bicyclic) bond motifs is 1. The predicted molar refractivity (Wildman–Crippen MR) is 89.8 cm³/mol. The normalized spacial score (nSPS) is 16.2. The molecule has 6 nitrogen and oxygen atoms in total. The summed E-state index contributed by atoms with van der Waals surface area (Å²) < 4.78 is 34.1. The number of anilines is 1. The van der Waals surface area contributed by atoms with Gasteiger partial charge in [0.15, 0.2) is 9.84 Å². The number of methoxy groups -OCH3 is 1. The Morgan fingerprint density at radius 3 is 2.46 bits per heavy atom. The molecule has 0 amide bonds. The van der Waals surface area contributed by atoms with Crippen molar-refractivity contribution in [1.82, 2.24) is 0 Å². The average molecular weight is 347 g/mol. The Morgan fingerprint density at radius 2 is 1.88 bits per heavy atom. The molecule has 1 heterocycles. The van der Waals surface area contributed by atoms with Crippen molar-refractivity contribution in [2.75, 3.05) is 18.7 Å². The summed E-state index contributed by atoms with van der Waals surface area (Å²) in [5, 5.41) is 3.10. The molecule has 0 radical (unpaired) electrons. The minimum atomic E-state index is -3.24. The largest absolute Gasteiger partial charge is 0.494 e. The molecule has 2 aromatic carbocycles. The number of hydrogen-bond acceptors (Lipinski definition) is 6. The van der Waals surface area contributed by atoms with E-state index in [4.69, 9.17) is 9.47 Å². The van der Waals surface area contributed by atoms with Crippen LogP contribution in [-0.4, -0.2) is 34.1 Å². The minimum Gasteiger partial charge on any atom is -0.494 e. The van der Waals surface area contributed by atoms with Crippen LogP contribution in [0.2, 0.25) is 0 Å². The van der Waals surface area contributed by atoms with Crippen LogP contribution in [0.1, 0.15) is 5.56 Å². The Kier molecular flexibility index (Phi) is 4.19. The highest BCUT2D eigenvalue weighted by Crippen LogP contribution is 2.39. The number of ether oxygens (including phenoxy) is 2. The summed E-state index contributed by atoms with van der Waals surface area (Å²) in [7, 11) is -1.69. The molecular formula is C17H17NO5S. The highest BCUT2D eigenvalue weighted by molar-refractivity contribution is 7.90. The quantitative estimate of drug-likeness (QED) is 0.837. The van der Waals surface area contributed by atoms with Gasteiger partial charge < -0.3 is 19.6 Å². The lowest BCUT2D eigenvalue weighted by atomic mass is 10.1. The number of aldehydes is 1. The van der Waals surface area contributed by atoms with Crippen molar-refractivity contribution in [3.05, 3.63) is 42.0 Å². The Balaban J connectivity index is 1.87. The third kappa shape index (κ3) is 3.21. The fraction of sp³-hybridized carbons (Fsp3) is 0.235. The van der Waals surface area contributed by atoms with Crippen LogP contribution in [0.3, 0.4) is 0 Å². The lowest BCUT2D eigenvalue weighted by molar-refractivity contribution is -0.108. The maximum Gasteiger partial charge on any atom is 0.175 e. The predicted octanol–water partition coefficient (Wildman–Crippen LogP) is 2.43. The summed E-state index contributed by atoms with van der Waals surface area (Å²) in [6, 6.07) is 9.50. The van der Waals surface area contributed by atoms with Crippen LogP contribution < -0.4 is 14.8 Å². The summed E-state index contributed by atoms with van der Waals surface area (Å²) in [6.07, 6.45) is 2.59. The molecule has 1 N–H and O–H groups in total. The standard InChI is InChI=1S/C17H17NO5S/c1-22-16-9-14(8-11-7-12(10-19)18-17(11)16)23-13-3-5-15(6-4-13)24(2,20)21/h3-6,8-10,12,18H,7H2,1-2H3. The van der Waals surface area contributed by atoms with Gasteiger partial charge in [-0.2, -0.15) is 0 Å². The van der Waals surface area contributed by atoms with E-state index in [0.29, 0.717) is 23.7 Å². The van der Waals surface area contributed by atoms with Crippen molar-refractivity contribution in [3.63, 3.8) is 0 Å². The summed E-state index contributed by atoms with van der Waals surface area (Å²) in [5.74, 6) is 1.67. The summed E-state index contributed by atoms with van der Waals surface area (Å²) in [6.45, 7) is 0.